The summed E-state index contributed by atoms with van der Waals surface area (Å²) in [4.78, 5) is 14.2. The summed E-state index contributed by atoms with van der Waals surface area (Å²) in [6, 6.07) is 5.77. The molecule has 2 rings (SSSR count). The number of carbonyl (C=O) groups is 1. The van der Waals surface area contributed by atoms with Crippen molar-refractivity contribution < 1.29 is 9.90 Å². The molecule has 1 heterocycles. The molecule has 128 valence electrons. The molecule has 1 aliphatic rings. The van der Waals surface area contributed by atoms with Crippen LogP contribution in [-0.4, -0.2) is 49.3 Å². The third-order valence-corrected chi connectivity index (χ3v) is 4.36. The smallest absolute Gasteiger partial charge is 0.314 e. The maximum atomic E-state index is 11.9. The van der Waals surface area contributed by atoms with E-state index < -0.39 is 6.10 Å². The summed E-state index contributed by atoms with van der Waals surface area (Å²) in [6.45, 7) is 7.10. The minimum atomic E-state index is -0.680. The Morgan fingerprint density at radius 1 is 1.30 bits per heavy atom. The number of hydrogen-bond donors (Lipinski definition) is 3. The lowest BCUT2D eigenvalue weighted by Gasteiger charge is -2.29. The monoisotopic (exact) mass is 319 g/mol. The van der Waals surface area contributed by atoms with Crippen molar-refractivity contribution in [1.82, 2.24) is 15.5 Å². The second-order valence-corrected chi connectivity index (χ2v) is 6.80. The largest absolute Gasteiger partial charge is 0.387 e. The fourth-order valence-corrected chi connectivity index (χ4v) is 3.25. The molecular formula is C18H29N3O2. The van der Waals surface area contributed by atoms with E-state index in [1.54, 1.807) is 0 Å². The molecule has 0 aromatic heterocycles. The molecular weight excluding hydrogens is 290 g/mol. The van der Waals surface area contributed by atoms with Crippen molar-refractivity contribution in [1.29, 1.82) is 0 Å². The maximum Gasteiger partial charge on any atom is 0.314 e. The van der Waals surface area contributed by atoms with Crippen LogP contribution in [-0.2, 0) is 0 Å². The van der Waals surface area contributed by atoms with Crippen LogP contribution in [0.25, 0.3) is 0 Å². The molecule has 0 spiro atoms. The highest BCUT2D eigenvalue weighted by Gasteiger charge is 2.18. The number of amides is 2. The first kappa shape index (κ1) is 17.8. The molecule has 3 N–H and O–H groups in total. The number of aliphatic hydroxyl groups is 1. The van der Waals surface area contributed by atoms with E-state index in [-0.39, 0.29) is 12.6 Å². The quantitative estimate of drug-likeness (QED) is 0.777. The molecule has 23 heavy (non-hydrogen) atoms. The SMILES string of the molecule is Cc1cc(C)cc([C@H](O)CNC(=O)NC[C@H]2CCCN(C)C2)c1. The number of benzene rings is 1. The predicted molar refractivity (Wildman–Crippen MR) is 92.5 cm³/mol. The molecule has 0 aliphatic carbocycles. The van der Waals surface area contributed by atoms with Crippen LogP contribution in [0.4, 0.5) is 4.79 Å². The summed E-state index contributed by atoms with van der Waals surface area (Å²) in [5.41, 5.74) is 3.08. The topological polar surface area (TPSA) is 64.6 Å². The molecule has 1 aromatic carbocycles. The van der Waals surface area contributed by atoms with E-state index in [9.17, 15) is 9.90 Å². The summed E-state index contributed by atoms with van der Waals surface area (Å²) >= 11 is 0. The average Bonchev–Trinajstić information content (AvgIpc) is 2.49. The Labute approximate surface area is 139 Å². The van der Waals surface area contributed by atoms with Crippen molar-refractivity contribution in [3.8, 4) is 0 Å². The van der Waals surface area contributed by atoms with E-state index in [0.717, 1.165) is 36.2 Å². The molecule has 0 bridgehead atoms. The van der Waals surface area contributed by atoms with Gasteiger partial charge in [0.15, 0.2) is 0 Å². The first-order valence-electron chi connectivity index (χ1n) is 8.40. The van der Waals surface area contributed by atoms with Gasteiger partial charge in [0.05, 0.1) is 6.10 Å². The summed E-state index contributed by atoms with van der Waals surface area (Å²) < 4.78 is 0. The molecule has 0 saturated carbocycles. The second-order valence-electron chi connectivity index (χ2n) is 6.80. The van der Waals surface area contributed by atoms with E-state index in [2.05, 4.69) is 28.6 Å². The number of nitrogens with one attached hydrogen (secondary N) is 2. The second kappa shape index (κ2) is 8.31. The van der Waals surface area contributed by atoms with Crippen molar-refractivity contribution in [3.63, 3.8) is 0 Å². The van der Waals surface area contributed by atoms with Gasteiger partial charge in [-0.3, -0.25) is 0 Å². The van der Waals surface area contributed by atoms with Crippen LogP contribution in [0, 0.1) is 19.8 Å². The van der Waals surface area contributed by atoms with Crippen molar-refractivity contribution in [2.45, 2.75) is 32.8 Å². The standard InChI is InChI=1S/C18H29N3O2/c1-13-7-14(2)9-16(8-13)17(22)11-20-18(23)19-10-15-5-4-6-21(3)12-15/h7-9,15,17,22H,4-6,10-12H2,1-3H3,(H2,19,20,23)/t15-,17-/m1/s1. The van der Waals surface area contributed by atoms with E-state index in [4.69, 9.17) is 0 Å². The molecule has 0 radical (unpaired) electrons. The van der Waals surface area contributed by atoms with Gasteiger partial charge in [0, 0.05) is 19.6 Å². The summed E-state index contributed by atoms with van der Waals surface area (Å²) in [5.74, 6) is 0.517. The highest BCUT2D eigenvalue weighted by molar-refractivity contribution is 5.73. The fraction of sp³-hybridized carbons (Fsp3) is 0.611. The lowest BCUT2D eigenvalue weighted by Crippen LogP contribution is -2.43. The van der Waals surface area contributed by atoms with E-state index in [1.807, 2.05) is 26.0 Å². The van der Waals surface area contributed by atoms with Crippen LogP contribution in [0.15, 0.2) is 18.2 Å². The third-order valence-electron chi connectivity index (χ3n) is 4.36. The zero-order valence-corrected chi connectivity index (χ0v) is 14.4. The predicted octanol–water partition coefficient (Wildman–Crippen LogP) is 1.98. The zero-order valence-electron chi connectivity index (χ0n) is 14.4. The molecule has 5 heteroatoms. The lowest BCUT2D eigenvalue weighted by molar-refractivity contribution is 0.171. The highest BCUT2D eigenvalue weighted by Crippen LogP contribution is 2.16. The summed E-state index contributed by atoms with van der Waals surface area (Å²) in [7, 11) is 2.12. The molecule has 1 aromatic rings. The molecule has 1 aliphatic heterocycles. The average molecular weight is 319 g/mol. The molecule has 1 fully saturated rings. The van der Waals surface area contributed by atoms with Gasteiger partial charge in [-0.1, -0.05) is 29.3 Å². The number of urea groups is 1. The minimum absolute atomic E-state index is 0.207. The van der Waals surface area contributed by atoms with Crippen molar-refractivity contribution >= 4 is 6.03 Å². The van der Waals surface area contributed by atoms with Crippen molar-refractivity contribution in [2.24, 2.45) is 5.92 Å². The van der Waals surface area contributed by atoms with Crippen LogP contribution < -0.4 is 10.6 Å². The van der Waals surface area contributed by atoms with Gasteiger partial charge in [-0.25, -0.2) is 4.79 Å². The van der Waals surface area contributed by atoms with Crippen LogP contribution in [0.1, 0.15) is 35.6 Å². The van der Waals surface area contributed by atoms with Gasteiger partial charge in [0.25, 0.3) is 0 Å². The highest BCUT2D eigenvalue weighted by atomic mass is 16.3. The normalized spacial score (nSPS) is 20.1. The number of aliphatic hydroxyl groups excluding tert-OH is 1. The number of carbonyl (C=O) groups excluding carboxylic acids is 1. The lowest BCUT2D eigenvalue weighted by atomic mass is 9.99. The van der Waals surface area contributed by atoms with Gasteiger partial charge in [-0.05, 0) is 51.8 Å². The number of rotatable bonds is 5. The van der Waals surface area contributed by atoms with Crippen molar-refractivity contribution in [3.05, 3.63) is 34.9 Å². The zero-order chi connectivity index (χ0) is 16.8. The first-order chi connectivity index (χ1) is 10.9. The Bertz CT molecular complexity index is 513. The molecule has 2 amide bonds. The van der Waals surface area contributed by atoms with Crippen LogP contribution in [0.3, 0.4) is 0 Å². The Morgan fingerprint density at radius 2 is 2.00 bits per heavy atom. The van der Waals surface area contributed by atoms with Gasteiger partial charge in [-0.2, -0.15) is 0 Å². The maximum absolute atomic E-state index is 11.9. The molecule has 2 atom stereocenters. The van der Waals surface area contributed by atoms with Crippen LogP contribution >= 0.6 is 0 Å². The summed E-state index contributed by atoms with van der Waals surface area (Å²) in [6.07, 6.45) is 1.67. The summed E-state index contributed by atoms with van der Waals surface area (Å²) in [5, 5.41) is 15.9. The number of likely N-dealkylation sites (tertiary alicyclic amines) is 1. The van der Waals surface area contributed by atoms with E-state index >= 15 is 0 Å². The van der Waals surface area contributed by atoms with Crippen LogP contribution in [0.5, 0.6) is 0 Å². The van der Waals surface area contributed by atoms with E-state index in [1.165, 1.54) is 6.42 Å². The van der Waals surface area contributed by atoms with Gasteiger partial charge in [0.1, 0.15) is 0 Å². The van der Waals surface area contributed by atoms with Gasteiger partial charge in [-0.15, -0.1) is 0 Å². The Hall–Kier alpha value is -1.59. The third kappa shape index (κ3) is 5.84. The fourth-order valence-electron chi connectivity index (χ4n) is 3.25. The number of piperidine rings is 1. The van der Waals surface area contributed by atoms with E-state index in [0.29, 0.717) is 12.5 Å². The van der Waals surface area contributed by atoms with Gasteiger partial charge < -0.3 is 20.6 Å². The number of hydrogen-bond acceptors (Lipinski definition) is 3. The van der Waals surface area contributed by atoms with Crippen LogP contribution in [0.2, 0.25) is 0 Å². The Kier molecular flexibility index (Phi) is 6.42. The minimum Gasteiger partial charge on any atom is -0.387 e. The first-order valence-corrected chi connectivity index (χ1v) is 8.40. The Morgan fingerprint density at radius 3 is 2.65 bits per heavy atom. The van der Waals surface area contributed by atoms with Gasteiger partial charge in [0.2, 0.25) is 0 Å². The number of nitrogens with zero attached hydrogens (tertiary/aromatic N) is 1. The molecule has 5 nitrogen and oxygen atoms in total. The number of aryl methyl sites for hydroxylation is 2. The molecule has 1 saturated heterocycles. The van der Waals surface area contributed by atoms with Crippen molar-refractivity contribution in [2.75, 3.05) is 33.2 Å². The molecule has 0 unspecified atom stereocenters. The Balaban J connectivity index is 1.73. The van der Waals surface area contributed by atoms with Gasteiger partial charge >= 0.3 is 6.03 Å².